The van der Waals surface area contributed by atoms with E-state index in [9.17, 15) is 9.18 Å². The third-order valence-corrected chi connectivity index (χ3v) is 6.15. The fourth-order valence-electron chi connectivity index (χ4n) is 4.38. The Hall–Kier alpha value is -3.23. The zero-order chi connectivity index (χ0) is 27.0. The summed E-state index contributed by atoms with van der Waals surface area (Å²) in [5.41, 5.74) is 7.88. The molecule has 200 valence electrons. The van der Waals surface area contributed by atoms with E-state index in [1.165, 1.54) is 0 Å². The Balaban J connectivity index is 2.18. The highest BCUT2D eigenvalue weighted by Gasteiger charge is 2.39. The van der Waals surface area contributed by atoms with Crippen LogP contribution in [0.2, 0.25) is 0 Å². The van der Waals surface area contributed by atoms with Crippen molar-refractivity contribution in [2.24, 2.45) is 11.1 Å². The van der Waals surface area contributed by atoms with E-state index in [4.69, 9.17) is 20.2 Å². The van der Waals surface area contributed by atoms with E-state index < -0.39 is 17.6 Å². The molecule has 0 saturated carbocycles. The largest absolute Gasteiger partial charge is 0.497 e. The van der Waals surface area contributed by atoms with Crippen LogP contribution in [0, 0.1) is 5.41 Å². The van der Waals surface area contributed by atoms with Gasteiger partial charge >= 0.3 is 0 Å². The Kier molecular flexibility index (Phi) is 9.83. The molecular formula is C29H39FN4O3. The van der Waals surface area contributed by atoms with Crippen molar-refractivity contribution >= 4 is 5.91 Å². The summed E-state index contributed by atoms with van der Waals surface area (Å²) >= 11 is 0. The first-order valence-electron chi connectivity index (χ1n) is 12.6. The van der Waals surface area contributed by atoms with E-state index in [0.29, 0.717) is 19.0 Å². The van der Waals surface area contributed by atoms with Crippen molar-refractivity contribution in [1.82, 2.24) is 14.5 Å². The number of ether oxygens (including phenoxy) is 2. The maximum atomic E-state index is 14.7. The van der Waals surface area contributed by atoms with E-state index in [1.54, 1.807) is 12.0 Å². The molecule has 2 unspecified atom stereocenters. The molecule has 7 nitrogen and oxygen atoms in total. The van der Waals surface area contributed by atoms with Crippen LogP contribution in [0.4, 0.5) is 4.39 Å². The number of imidazole rings is 1. The number of nitrogens with zero attached hydrogens (tertiary/aromatic N) is 3. The second-order valence-corrected chi connectivity index (χ2v) is 10.1. The molecule has 1 amide bonds. The van der Waals surface area contributed by atoms with Gasteiger partial charge in [-0.15, -0.1) is 0 Å². The highest BCUT2D eigenvalue weighted by molar-refractivity contribution is 5.78. The summed E-state index contributed by atoms with van der Waals surface area (Å²) in [6, 6.07) is 17.2. The lowest BCUT2D eigenvalue weighted by Gasteiger charge is -2.40. The van der Waals surface area contributed by atoms with Crippen LogP contribution in [0.3, 0.4) is 0 Å². The molecule has 2 aromatic carbocycles. The molecule has 0 fully saturated rings. The van der Waals surface area contributed by atoms with Gasteiger partial charge in [-0.1, -0.05) is 63.2 Å². The van der Waals surface area contributed by atoms with Crippen molar-refractivity contribution in [2.75, 3.05) is 33.4 Å². The molecular weight excluding hydrogens is 471 g/mol. The zero-order valence-electron chi connectivity index (χ0n) is 22.5. The second-order valence-electron chi connectivity index (χ2n) is 10.1. The molecule has 2 N–H and O–H groups in total. The lowest BCUT2D eigenvalue weighted by atomic mass is 9.84. The number of amides is 1. The van der Waals surface area contributed by atoms with E-state index >= 15 is 0 Å². The van der Waals surface area contributed by atoms with Crippen LogP contribution in [0.1, 0.15) is 45.1 Å². The first kappa shape index (κ1) is 28.3. The van der Waals surface area contributed by atoms with Crippen LogP contribution >= 0.6 is 0 Å². The number of benzene rings is 2. The highest BCUT2D eigenvalue weighted by atomic mass is 19.1. The van der Waals surface area contributed by atoms with Crippen LogP contribution in [0.5, 0.6) is 5.75 Å². The molecule has 0 bridgehead atoms. The molecule has 1 aromatic heterocycles. The van der Waals surface area contributed by atoms with E-state index in [0.717, 1.165) is 22.6 Å². The average molecular weight is 511 g/mol. The Morgan fingerprint density at radius 1 is 1.16 bits per heavy atom. The number of hydrogen-bond acceptors (Lipinski definition) is 5. The lowest BCUT2D eigenvalue weighted by Crippen LogP contribution is -2.47. The first-order valence-corrected chi connectivity index (χ1v) is 12.6. The summed E-state index contributed by atoms with van der Waals surface area (Å²) in [6.45, 7) is 8.39. The maximum absolute atomic E-state index is 14.7. The molecule has 0 aliphatic rings. The molecule has 0 aliphatic carbocycles. The van der Waals surface area contributed by atoms with Crippen LogP contribution in [0.25, 0.3) is 11.3 Å². The van der Waals surface area contributed by atoms with Crippen molar-refractivity contribution in [3.05, 3.63) is 72.2 Å². The van der Waals surface area contributed by atoms with Gasteiger partial charge in [0.25, 0.3) is 0 Å². The number of carbonyl (C=O) groups excluding carboxylic acids is 1. The Labute approximate surface area is 219 Å². The van der Waals surface area contributed by atoms with Gasteiger partial charge < -0.3 is 24.7 Å². The number of aromatic nitrogens is 2. The molecule has 3 rings (SSSR count). The Morgan fingerprint density at radius 3 is 2.51 bits per heavy atom. The summed E-state index contributed by atoms with van der Waals surface area (Å²) in [5, 5.41) is 0. The van der Waals surface area contributed by atoms with E-state index in [-0.39, 0.29) is 25.6 Å². The molecule has 37 heavy (non-hydrogen) atoms. The number of alkyl halides is 1. The molecule has 0 spiro atoms. The number of halogens is 1. The molecule has 3 aromatic rings. The van der Waals surface area contributed by atoms with Crippen molar-refractivity contribution in [3.63, 3.8) is 0 Å². The normalized spacial score (nSPS) is 13.3. The SMILES string of the molecule is CCOCC(=O)N(CC(F)CN)C(c1nc(-c2cccc(OC)c2)cn1Cc1ccccc1)C(C)(C)C. The van der Waals surface area contributed by atoms with Crippen LogP contribution in [-0.2, 0) is 16.1 Å². The molecule has 0 aliphatic heterocycles. The summed E-state index contributed by atoms with van der Waals surface area (Å²) in [5.74, 6) is 1.10. The van der Waals surface area contributed by atoms with Gasteiger partial charge in [-0.25, -0.2) is 9.37 Å². The predicted molar refractivity (Wildman–Crippen MR) is 144 cm³/mol. The molecule has 1 heterocycles. The van der Waals surface area contributed by atoms with Crippen LogP contribution in [-0.4, -0.2) is 59.9 Å². The minimum Gasteiger partial charge on any atom is -0.497 e. The smallest absolute Gasteiger partial charge is 0.249 e. The number of rotatable bonds is 12. The summed E-state index contributed by atoms with van der Waals surface area (Å²) < 4.78 is 27.6. The van der Waals surface area contributed by atoms with E-state index in [1.807, 2.05) is 88.5 Å². The molecule has 0 saturated heterocycles. The third-order valence-electron chi connectivity index (χ3n) is 6.15. The lowest BCUT2D eigenvalue weighted by molar-refractivity contribution is -0.142. The van der Waals surface area contributed by atoms with Crippen LogP contribution < -0.4 is 10.5 Å². The quantitative estimate of drug-likeness (QED) is 0.376. The topological polar surface area (TPSA) is 82.6 Å². The maximum Gasteiger partial charge on any atom is 0.249 e. The first-order chi connectivity index (χ1) is 17.7. The van der Waals surface area contributed by atoms with Crippen LogP contribution in [0.15, 0.2) is 60.8 Å². The van der Waals surface area contributed by atoms with Crippen molar-refractivity contribution in [3.8, 4) is 17.0 Å². The fourth-order valence-corrected chi connectivity index (χ4v) is 4.38. The summed E-state index contributed by atoms with van der Waals surface area (Å²) in [7, 11) is 1.63. The van der Waals surface area contributed by atoms with Gasteiger partial charge in [-0.2, -0.15) is 0 Å². The highest BCUT2D eigenvalue weighted by Crippen LogP contribution is 2.39. The van der Waals surface area contributed by atoms with Crippen molar-refractivity contribution in [1.29, 1.82) is 0 Å². The number of hydrogen-bond donors (Lipinski definition) is 1. The van der Waals surface area contributed by atoms with Crippen molar-refractivity contribution in [2.45, 2.75) is 46.5 Å². The average Bonchev–Trinajstić information content (AvgIpc) is 3.29. The van der Waals surface area contributed by atoms with E-state index in [2.05, 4.69) is 4.57 Å². The monoisotopic (exact) mass is 510 g/mol. The van der Waals surface area contributed by atoms with Gasteiger partial charge in [0.15, 0.2) is 0 Å². The Morgan fingerprint density at radius 2 is 1.89 bits per heavy atom. The van der Waals surface area contributed by atoms with Gasteiger partial charge in [0, 0.05) is 31.5 Å². The molecule has 0 radical (unpaired) electrons. The second kappa shape index (κ2) is 12.8. The fraction of sp³-hybridized carbons (Fsp3) is 0.448. The predicted octanol–water partition coefficient (Wildman–Crippen LogP) is 4.86. The number of nitrogens with two attached hydrogens (primary N) is 1. The van der Waals surface area contributed by atoms with Crippen molar-refractivity contribution < 1.29 is 18.7 Å². The molecule has 2 atom stereocenters. The van der Waals surface area contributed by atoms with Gasteiger partial charge in [0.1, 0.15) is 24.4 Å². The summed E-state index contributed by atoms with van der Waals surface area (Å²) in [4.78, 5) is 20.0. The summed E-state index contributed by atoms with van der Waals surface area (Å²) in [6.07, 6.45) is 0.613. The zero-order valence-corrected chi connectivity index (χ0v) is 22.5. The minimum absolute atomic E-state index is 0.136. The minimum atomic E-state index is -1.37. The van der Waals surface area contributed by atoms with Gasteiger partial charge in [-0.3, -0.25) is 4.79 Å². The van der Waals surface area contributed by atoms with Gasteiger partial charge in [0.05, 0.1) is 25.4 Å². The number of carbonyl (C=O) groups is 1. The number of methoxy groups -OCH3 is 1. The van der Waals surface area contributed by atoms with Gasteiger partial charge in [0.2, 0.25) is 5.91 Å². The molecule has 8 heteroatoms. The Bertz CT molecular complexity index is 1140. The third kappa shape index (κ3) is 7.40. The standard InChI is InChI=1S/C29H39FN4O3/c1-6-37-20-26(35)34(18-23(30)16-31)27(29(2,3)4)28-32-25(22-13-10-14-24(15-22)36-5)19-33(28)17-21-11-8-7-9-12-21/h7-15,19,23,27H,6,16-18,20,31H2,1-5H3. The van der Waals surface area contributed by atoms with Gasteiger partial charge in [-0.05, 0) is 30.0 Å².